The van der Waals surface area contributed by atoms with E-state index in [1.165, 1.54) is 6.07 Å². The van der Waals surface area contributed by atoms with Crippen LogP contribution in [-0.4, -0.2) is 0 Å². The SMILES string of the molecule is Fc1ccc(CC(Br)c2cccc(Cl)c2Cl)cc1F. The lowest BCUT2D eigenvalue weighted by atomic mass is 10.0. The molecular formula is C14H9BrCl2F2. The summed E-state index contributed by atoms with van der Waals surface area (Å²) in [6.45, 7) is 0. The predicted molar refractivity (Wildman–Crippen MR) is 78.2 cm³/mol. The molecule has 5 heteroatoms. The molecule has 0 aliphatic carbocycles. The van der Waals surface area contributed by atoms with Gasteiger partial charge in [-0.25, -0.2) is 8.78 Å². The Morgan fingerprint density at radius 1 is 1.05 bits per heavy atom. The van der Waals surface area contributed by atoms with Gasteiger partial charge in [-0.3, -0.25) is 0 Å². The van der Waals surface area contributed by atoms with Gasteiger partial charge in [0.1, 0.15) is 0 Å². The minimum atomic E-state index is -0.852. The van der Waals surface area contributed by atoms with E-state index in [0.29, 0.717) is 22.0 Å². The summed E-state index contributed by atoms with van der Waals surface area (Å²) < 4.78 is 26.0. The molecule has 1 unspecified atom stereocenters. The van der Waals surface area contributed by atoms with E-state index in [-0.39, 0.29) is 4.83 Å². The summed E-state index contributed by atoms with van der Waals surface area (Å²) in [5, 5.41) is 0.933. The topological polar surface area (TPSA) is 0 Å². The van der Waals surface area contributed by atoms with E-state index >= 15 is 0 Å². The van der Waals surface area contributed by atoms with E-state index in [1.807, 2.05) is 6.07 Å². The van der Waals surface area contributed by atoms with E-state index in [1.54, 1.807) is 18.2 Å². The molecule has 2 aromatic rings. The van der Waals surface area contributed by atoms with Crippen LogP contribution >= 0.6 is 39.1 Å². The molecule has 0 N–H and O–H groups in total. The van der Waals surface area contributed by atoms with Crippen molar-refractivity contribution in [1.29, 1.82) is 0 Å². The Morgan fingerprint density at radius 3 is 2.47 bits per heavy atom. The summed E-state index contributed by atoms with van der Waals surface area (Å²) in [7, 11) is 0. The van der Waals surface area contributed by atoms with Crippen LogP contribution in [0.3, 0.4) is 0 Å². The molecule has 100 valence electrons. The van der Waals surface area contributed by atoms with E-state index < -0.39 is 11.6 Å². The van der Waals surface area contributed by atoms with Crippen molar-refractivity contribution >= 4 is 39.1 Å². The maximum atomic E-state index is 13.1. The van der Waals surface area contributed by atoms with Gasteiger partial charge >= 0.3 is 0 Å². The molecule has 1 atom stereocenters. The lowest BCUT2D eigenvalue weighted by Crippen LogP contribution is -1.98. The average Bonchev–Trinajstić information content (AvgIpc) is 2.37. The van der Waals surface area contributed by atoms with Crippen molar-refractivity contribution in [3.63, 3.8) is 0 Å². The van der Waals surface area contributed by atoms with Gasteiger partial charge in [0.2, 0.25) is 0 Å². The Morgan fingerprint density at radius 2 is 1.79 bits per heavy atom. The number of alkyl halides is 1. The Balaban J connectivity index is 2.23. The maximum absolute atomic E-state index is 13.1. The summed E-state index contributed by atoms with van der Waals surface area (Å²) in [6.07, 6.45) is 0.483. The second-order valence-corrected chi connectivity index (χ2v) is 5.95. The molecule has 0 aliphatic heterocycles. The molecule has 0 saturated heterocycles. The standard InChI is InChI=1S/C14H9BrCl2F2/c15-10(9-2-1-3-11(16)14(9)17)6-8-4-5-12(18)13(19)7-8/h1-5,7,10H,6H2. The molecular weight excluding hydrogens is 357 g/mol. The van der Waals surface area contributed by atoms with Gasteiger partial charge in [-0.2, -0.15) is 0 Å². The van der Waals surface area contributed by atoms with Crippen molar-refractivity contribution in [2.24, 2.45) is 0 Å². The first-order chi connectivity index (χ1) is 8.99. The first-order valence-corrected chi connectivity index (χ1v) is 7.18. The van der Waals surface area contributed by atoms with Crippen molar-refractivity contribution in [3.05, 3.63) is 69.2 Å². The average molecular weight is 366 g/mol. The summed E-state index contributed by atoms with van der Waals surface area (Å²) in [6, 6.07) is 9.18. The fraction of sp³-hybridized carbons (Fsp3) is 0.143. The minimum absolute atomic E-state index is 0.122. The zero-order valence-electron chi connectivity index (χ0n) is 9.64. The number of halogens is 5. The Bertz CT molecular complexity index is 602. The summed E-state index contributed by atoms with van der Waals surface area (Å²) in [4.78, 5) is -0.122. The van der Waals surface area contributed by atoms with Gasteiger partial charge in [-0.15, -0.1) is 0 Å². The summed E-state index contributed by atoms with van der Waals surface area (Å²) >= 11 is 15.6. The molecule has 2 rings (SSSR count). The number of hydrogen-bond donors (Lipinski definition) is 0. The molecule has 0 aliphatic rings. The van der Waals surface area contributed by atoms with E-state index in [4.69, 9.17) is 23.2 Å². The van der Waals surface area contributed by atoms with Crippen LogP contribution in [0.1, 0.15) is 16.0 Å². The van der Waals surface area contributed by atoms with Gasteiger partial charge < -0.3 is 0 Å². The van der Waals surface area contributed by atoms with Crippen molar-refractivity contribution in [2.45, 2.75) is 11.2 Å². The minimum Gasteiger partial charge on any atom is -0.204 e. The molecule has 0 spiro atoms. The fourth-order valence-corrected chi connectivity index (χ4v) is 3.07. The van der Waals surface area contributed by atoms with Crippen LogP contribution in [-0.2, 0) is 6.42 Å². The third kappa shape index (κ3) is 3.47. The quantitative estimate of drug-likeness (QED) is 0.589. The highest BCUT2D eigenvalue weighted by Gasteiger charge is 2.15. The molecule has 2 aromatic carbocycles. The van der Waals surface area contributed by atoms with Gasteiger partial charge in [0.15, 0.2) is 11.6 Å². The second kappa shape index (κ2) is 6.21. The molecule has 0 heterocycles. The first-order valence-electron chi connectivity index (χ1n) is 5.51. The molecule has 0 amide bonds. The maximum Gasteiger partial charge on any atom is 0.159 e. The van der Waals surface area contributed by atoms with Crippen LogP contribution in [0.15, 0.2) is 36.4 Å². The van der Waals surface area contributed by atoms with Crippen molar-refractivity contribution in [2.75, 3.05) is 0 Å². The highest BCUT2D eigenvalue weighted by atomic mass is 79.9. The van der Waals surface area contributed by atoms with Crippen molar-refractivity contribution in [1.82, 2.24) is 0 Å². The van der Waals surface area contributed by atoms with Crippen LogP contribution < -0.4 is 0 Å². The summed E-state index contributed by atoms with van der Waals surface area (Å²) in [5.41, 5.74) is 1.50. The van der Waals surface area contributed by atoms with Crippen LogP contribution in [0.2, 0.25) is 10.0 Å². The molecule has 19 heavy (non-hydrogen) atoms. The normalized spacial score (nSPS) is 12.5. The predicted octanol–water partition coefficient (Wildman–Crippen LogP) is 5.95. The smallest absolute Gasteiger partial charge is 0.159 e. The Kier molecular flexibility index (Phi) is 4.82. The second-order valence-electron chi connectivity index (χ2n) is 4.06. The van der Waals surface area contributed by atoms with Gasteiger partial charge in [0.25, 0.3) is 0 Å². The Labute approximate surface area is 128 Å². The lowest BCUT2D eigenvalue weighted by Gasteiger charge is -2.13. The number of benzene rings is 2. The highest BCUT2D eigenvalue weighted by molar-refractivity contribution is 9.09. The molecule has 0 saturated carbocycles. The van der Waals surface area contributed by atoms with Crippen LogP contribution in [0, 0.1) is 11.6 Å². The number of hydrogen-bond acceptors (Lipinski definition) is 0. The monoisotopic (exact) mass is 364 g/mol. The van der Waals surface area contributed by atoms with Crippen LogP contribution in [0.5, 0.6) is 0 Å². The van der Waals surface area contributed by atoms with Crippen molar-refractivity contribution < 1.29 is 8.78 Å². The third-order valence-corrected chi connectivity index (χ3v) is 4.37. The molecule has 0 nitrogen and oxygen atoms in total. The lowest BCUT2D eigenvalue weighted by molar-refractivity contribution is 0.507. The van der Waals surface area contributed by atoms with Crippen LogP contribution in [0.4, 0.5) is 8.78 Å². The van der Waals surface area contributed by atoms with Gasteiger partial charge in [-0.1, -0.05) is 57.3 Å². The van der Waals surface area contributed by atoms with Gasteiger partial charge in [-0.05, 0) is 35.7 Å². The number of rotatable bonds is 3. The van der Waals surface area contributed by atoms with Gasteiger partial charge in [0, 0.05) is 4.83 Å². The fourth-order valence-electron chi connectivity index (χ4n) is 1.75. The zero-order valence-corrected chi connectivity index (χ0v) is 12.7. The Hall–Kier alpha value is -0.640. The summed E-state index contributed by atoms with van der Waals surface area (Å²) in [5.74, 6) is -1.70. The van der Waals surface area contributed by atoms with E-state index in [2.05, 4.69) is 15.9 Å². The third-order valence-electron chi connectivity index (χ3n) is 2.72. The van der Waals surface area contributed by atoms with E-state index in [0.717, 1.165) is 11.6 Å². The largest absolute Gasteiger partial charge is 0.204 e. The first kappa shape index (κ1) is 14.8. The molecule has 0 aromatic heterocycles. The van der Waals surface area contributed by atoms with Crippen molar-refractivity contribution in [3.8, 4) is 0 Å². The van der Waals surface area contributed by atoms with E-state index in [9.17, 15) is 8.78 Å². The van der Waals surface area contributed by atoms with Crippen LogP contribution in [0.25, 0.3) is 0 Å². The molecule has 0 radical (unpaired) electrons. The van der Waals surface area contributed by atoms with Gasteiger partial charge in [0.05, 0.1) is 10.0 Å². The zero-order chi connectivity index (χ0) is 14.0. The molecule has 0 fully saturated rings. The molecule has 0 bridgehead atoms. The highest BCUT2D eigenvalue weighted by Crippen LogP contribution is 2.36.